The van der Waals surface area contributed by atoms with Gasteiger partial charge in [-0.3, -0.25) is 19.2 Å². The van der Waals surface area contributed by atoms with Gasteiger partial charge in [0.05, 0.1) is 6.04 Å². The monoisotopic (exact) mass is 532 g/mol. The third kappa shape index (κ3) is 9.16. The van der Waals surface area contributed by atoms with Crippen LogP contribution >= 0.6 is 0 Å². The molecule has 2 aromatic rings. The molecule has 1 heterocycles. The average molecular weight is 533 g/mol. The third-order valence-electron chi connectivity index (χ3n) is 6.05. The molecule has 3 amide bonds. The lowest BCUT2D eigenvalue weighted by Crippen LogP contribution is -2.56. The number of aliphatic carboxylic acids is 2. The van der Waals surface area contributed by atoms with E-state index in [1.54, 1.807) is 6.20 Å². The number of rotatable bonds is 16. The van der Waals surface area contributed by atoms with Gasteiger partial charge in [0.25, 0.3) is 0 Å². The summed E-state index contributed by atoms with van der Waals surface area (Å²) in [5.74, 6) is -4.40. The van der Waals surface area contributed by atoms with Gasteiger partial charge >= 0.3 is 11.9 Å². The van der Waals surface area contributed by atoms with Gasteiger partial charge in [-0.15, -0.1) is 0 Å². The summed E-state index contributed by atoms with van der Waals surface area (Å²) in [5, 5.41) is 26.8. The zero-order valence-electron chi connectivity index (χ0n) is 21.2. The number of hydrogen-bond donors (Lipinski definition) is 8. The lowest BCUT2D eigenvalue weighted by atomic mass is 10.0. The molecule has 1 aromatic carbocycles. The average Bonchev–Trinajstić information content (AvgIpc) is 3.28. The Morgan fingerprint density at radius 2 is 1.61 bits per heavy atom. The van der Waals surface area contributed by atoms with Gasteiger partial charge in [0.15, 0.2) is 0 Å². The van der Waals surface area contributed by atoms with E-state index in [1.165, 1.54) is 6.92 Å². The Labute approximate surface area is 219 Å². The molecule has 2 rings (SSSR count). The second-order valence-corrected chi connectivity index (χ2v) is 9.08. The minimum absolute atomic E-state index is 0.0256. The van der Waals surface area contributed by atoms with Crippen LogP contribution in [0.15, 0.2) is 30.5 Å². The first-order chi connectivity index (χ1) is 18.0. The SMILES string of the molecule is CC(NC(=O)C(CCCCN)NC(=O)C(N)CCC(=O)O)C(=O)NC(Cc1c[nH]c2ccccc12)C(=O)O. The van der Waals surface area contributed by atoms with Crippen molar-refractivity contribution in [3.8, 4) is 0 Å². The highest BCUT2D eigenvalue weighted by molar-refractivity contribution is 5.94. The highest BCUT2D eigenvalue weighted by Gasteiger charge is 2.28. The minimum atomic E-state index is -1.24. The van der Waals surface area contributed by atoms with E-state index in [0.717, 1.165) is 10.9 Å². The standard InChI is InChI=1S/C25H36N6O7/c1-14(22(34)31-20(25(37)38)12-15-13-28-18-7-3-2-6-16(15)18)29-24(36)19(8-4-5-11-26)30-23(35)17(27)9-10-21(32)33/h2-3,6-7,13-14,17,19-20,28H,4-5,8-12,26-27H2,1H3,(H,29,36)(H,30,35)(H,31,34)(H,32,33)(H,37,38). The van der Waals surface area contributed by atoms with Gasteiger partial charge in [-0.2, -0.15) is 0 Å². The molecular weight excluding hydrogens is 496 g/mol. The molecule has 0 fully saturated rings. The van der Waals surface area contributed by atoms with E-state index in [9.17, 15) is 29.1 Å². The lowest BCUT2D eigenvalue weighted by Gasteiger charge is -2.23. The molecule has 4 unspecified atom stereocenters. The van der Waals surface area contributed by atoms with Gasteiger partial charge in [-0.1, -0.05) is 18.2 Å². The smallest absolute Gasteiger partial charge is 0.326 e. The first-order valence-corrected chi connectivity index (χ1v) is 12.4. The van der Waals surface area contributed by atoms with Crippen molar-refractivity contribution in [1.29, 1.82) is 0 Å². The van der Waals surface area contributed by atoms with Crippen molar-refractivity contribution in [2.45, 2.75) is 69.6 Å². The van der Waals surface area contributed by atoms with E-state index in [-0.39, 0.29) is 25.7 Å². The molecule has 0 spiro atoms. The molecule has 208 valence electrons. The lowest BCUT2D eigenvalue weighted by molar-refractivity contribution is -0.142. The number of nitrogens with two attached hydrogens (primary N) is 2. The highest BCUT2D eigenvalue weighted by atomic mass is 16.4. The molecule has 0 saturated heterocycles. The molecule has 10 N–H and O–H groups in total. The third-order valence-corrected chi connectivity index (χ3v) is 6.05. The van der Waals surface area contributed by atoms with Crippen LogP contribution in [0.3, 0.4) is 0 Å². The second kappa shape index (κ2) is 14.7. The van der Waals surface area contributed by atoms with Crippen LogP contribution < -0.4 is 27.4 Å². The number of amides is 3. The number of para-hydroxylation sites is 1. The second-order valence-electron chi connectivity index (χ2n) is 9.08. The zero-order valence-corrected chi connectivity index (χ0v) is 21.2. The predicted molar refractivity (Wildman–Crippen MR) is 139 cm³/mol. The van der Waals surface area contributed by atoms with E-state index in [4.69, 9.17) is 16.6 Å². The van der Waals surface area contributed by atoms with Gasteiger partial charge in [0, 0.05) is 29.9 Å². The van der Waals surface area contributed by atoms with Crippen LogP contribution in [-0.4, -0.2) is 75.6 Å². The fourth-order valence-corrected chi connectivity index (χ4v) is 3.85. The van der Waals surface area contributed by atoms with Crippen molar-refractivity contribution < 1.29 is 34.2 Å². The van der Waals surface area contributed by atoms with E-state index in [0.29, 0.717) is 24.9 Å². The summed E-state index contributed by atoms with van der Waals surface area (Å²) in [6.07, 6.45) is 2.61. The number of carboxylic acid groups (broad SMARTS) is 2. The number of aromatic nitrogens is 1. The molecule has 0 radical (unpaired) electrons. The van der Waals surface area contributed by atoms with Crippen molar-refractivity contribution in [3.05, 3.63) is 36.0 Å². The van der Waals surface area contributed by atoms with Crippen molar-refractivity contribution in [1.82, 2.24) is 20.9 Å². The van der Waals surface area contributed by atoms with Crippen LogP contribution in [0, 0.1) is 0 Å². The number of benzene rings is 1. The number of unbranched alkanes of at least 4 members (excludes halogenated alkanes) is 1. The Balaban J connectivity index is 2.01. The quantitative estimate of drug-likeness (QED) is 0.131. The Kier molecular flexibility index (Phi) is 11.7. The van der Waals surface area contributed by atoms with Crippen LogP contribution in [0.2, 0.25) is 0 Å². The van der Waals surface area contributed by atoms with E-state index >= 15 is 0 Å². The molecule has 0 saturated carbocycles. The summed E-state index contributed by atoms with van der Waals surface area (Å²) < 4.78 is 0. The van der Waals surface area contributed by atoms with E-state index in [2.05, 4.69) is 20.9 Å². The van der Waals surface area contributed by atoms with Crippen molar-refractivity contribution in [2.75, 3.05) is 6.54 Å². The number of carbonyl (C=O) groups is 5. The largest absolute Gasteiger partial charge is 0.481 e. The summed E-state index contributed by atoms with van der Waals surface area (Å²) in [6, 6.07) is 2.85. The van der Waals surface area contributed by atoms with Gasteiger partial charge in [-0.05, 0) is 50.8 Å². The molecule has 1 aromatic heterocycles. The van der Waals surface area contributed by atoms with Gasteiger partial charge in [0.2, 0.25) is 17.7 Å². The van der Waals surface area contributed by atoms with E-state index in [1.807, 2.05) is 24.3 Å². The van der Waals surface area contributed by atoms with E-state index < -0.39 is 53.8 Å². The summed E-state index contributed by atoms with van der Waals surface area (Å²) in [5.41, 5.74) is 12.8. The molecule has 0 bridgehead atoms. The van der Waals surface area contributed by atoms with Crippen LogP contribution in [0.4, 0.5) is 0 Å². The molecule has 0 aliphatic carbocycles. The highest BCUT2D eigenvalue weighted by Crippen LogP contribution is 2.19. The molecule has 4 atom stereocenters. The Bertz CT molecular complexity index is 1130. The zero-order chi connectivity index (χ0) is 28.2. The number of carboxylic acids is 2. The number of H-pyrrole nitrogens is 1. The van der Waals surface area contributed by atoms with Gasteiger partial charge in [-0.25, -0.2) is 4.79 Å². The van der Waals surface area contributed by atoms with Gasteiger partial charge < -0.3 is 42.6 Å². The van der Waals surface area contributed by atoms with Crippen LogP contribution in [0.5, 0.6) is 0 Å². The predicted octanol–water partition coefficient (Wildman–Crippen LogP) is -0.410. The Morgan fingerprint density at radius 1 is 0.921 bits per heavy atom. The first kappa shape index (κ1) is 30.3. The maximum atomic E-state index is 12.9. The Hall–Kier alpha value is -3.97. The fourth-order valence-electron chi connectivity index (χ4n) is 3.85. The summed E-state index contributed by atoms with van der Waals surface area (Å²) >= 11 is 0. The molecule has 13 heteroatoms. The van der Waals surface area contributed by atoms with Crippen molar-refractivity contribution >= 4 is 40.6 Å². The summed E-state index contributed by atoms with van der Waals surface area (Å²) in [6.45, 7) is 1.78. The number of carbonyl (C=O) groups excluding carboxylic acids is 3. The molecular formula is C25H36N6O7. The fraction of sp³-hybridized carbons (Fsp3) is 0.480. The Morgan fingerprint density at radius 3 is 2.26 bits per heavy atom. The van der Waals surface area contributed by atoms with Crippen LogP contribution in [0.25, 0.3) is 10.9 Å². The summed E-state index contributed by atoms with van der Waals surface area (Å²) in [4.78, 5) is 63.7. The normalized spacial score (nSPS) is 14.2. The van der Waals surface area contributed by atoms with Crippen LogP contribution in [-0.2, 0) is 30.4 Å². The van der Waals surface area contributed by atoms with Crippen LogP contribution in [0.1, 0.15) is 44.6 Å². The van der Waals surface area contributed by atoms with Gasteiger partial charge in [0.1, 0.15) is 18.1 Å². The summed E-state index contributed by atoms with van der Waals surface area (Å²) in [7, 11) is 0. The molecule has 38 heavy (non-hydrogen) atoms. The maximum Gasteiger partial charge on any atom is 0.326 e. The number of nitrogens with one attached hydrogen (secondary N) is 4. The van der Waals surface area contributed by atoms with Crippen molar-refractivity contribution in [2.24, 2.45) is 11.5 Å². The topological polar surface area (TPSA) is 230 Å². The number of fused-ring (bicyclic) bond motifs is 1. The minimum Gasteiger partial charge on any atom is -0.481 e. The maximum absolute atomic E-state index is 12.9. The first-order valence-electron chi connectivity index (χ1n) is 12.4. The number of hydrogen-bond acceptors (Lipinski definition) is 7. The number of aromatic amines is 1. The molecule has 13 nitrogen and oxygen atoms in total. The molecule has 0 aliphatic heterocycles. The molecule has 0 aliphatic rings. The van der Waals surface area contributed by atoms with Crippen molar-refractivity contribution in [3.63, 3.8) is 0 Å².